The Labute approximate surface area is 90.5 Å². The van der Waals surface area contributed by atoms with Crippen LogP contribution in [-0.4, -0.2) is 6.54 Å². The number of rotatable bonds is 2. The van der Waals surface area contributed by atoms with Gasteiger partial charge in [0.25, 0.3) is 0 Å². The maximum atomic E-state index is 3.73. The fraction of sp³-hybridized carbons (Fsp3) is 0.667. The molecule has 1 nitrogen and oxygen atoms in total. The quantitative estimate of drug-likeness (QED) is 0.789. The lowest BCUT2D eigenvalue weighted by atomic mass is 9.78. The van der Waals surface area contributed by atoms with Crippen molar-refractivity contribution < 1.29 is 0 Å². The molecule has 0 saturated heterocycles. The van der Waals surface area contributed by atoms with Crippen molar-refractivity contribution in [1.82, 2.24) is 5.32 Å². The van der Waals surface area contributed by atoms with Crippen LogP contribution in [0.3, 0.4) is 0 Å². The van der Waals surface area contributed by atoms with Crippen LogP contribution >= 0.6 is 11.3 Å². The Bertz CT molecular complexity index is 316. The summed E-state index contributed by atoms with van der Waals surface area (Å²) >= 11 is 1.92. The third kappa shape index (κ3) is 1.32. The molecule has 0 radical (unpaired) electrons. The van der Waals surface area contributed by atoms with Crippen LogP contribution in [0.5, 0.6) is 0 Å². The standard InChI is InChI=1S/C12H19NS/c1-4-12(9(2)3)11-10(5-7-13-12)6-8-14-11/h6,8-9,13H,4-5,7H2,1-3H3. The smallest absolute Gasteiger partial charge is 0.0552 e. The van der Waals surface area contributed by atoms with Crippen LogP contribution in [0, 0.1) is 5.92 Å². The third-order valence-corrected chi connectivity index (χ3v) is 4.66. The molecule has 0 fully saturated rings. The van der Waals surface area contributed by atoms with E-state index >= 15 is 0 Å². The van der Waals surface area contributed by atoms with Crippen molar-refractivity contribution in [2.24, 2.45) is 5.92 Å². The molecule has 2 rings (SSSR count). The molecule has 1 aliphatic heterocycles. The predicted molar refractivity (Wildman–Crippen MR) is 62.8 cm³/mol. The SMILES string of the molecule is CCC1(C(C)C)NCCc2ccsc21. The van der Waals surface area contributed by atoms with Crippen LogP contribution in [0.1, 0.15) is 37.6 Å². The summed E-state index contributed by atoms with van der Waals surface area (Å²) in [6.45, 7) is 8.08. The average molecular weight is 209 g/mol. The Morgan fingerprint density at radius 2 is 2.36 bits per heavy atom. The second-order valence-electron chi connectivity index (χ2n) is 4.43. The molecule has 0 bridgehead atoms. The maximum Gasteiger partial charge on any atom is 0.0552 e. The molecule has 0 aromatic carbocycles. The molecule has 1 atom stereocenters. The van der Waals surface area contributed by atoms with E-state index in [-0.39, 0.29) is 5.54 Å². The van der Waals surface area contributed by atoms with Crippen molar-refractivity contribution in [1.29, 1.82) is 0 Å². The minimum absolute atomic E-state index is 0.252. The van der Waals surface area contributed by atoms with Gasteiger partial charge in [-0.1, -0.05) is 20.8 Å². The van der Waals surface area contributed by atoms with Gasteiger partial charge in [-0.3, -0.25) is 0 Å². The van der Waals surface area contributed by atoms with Crippen molar-refractivity contribution in [2.75, 3.05) is 6.54 Å². The Morgan fingerprint density at radius 1 is 1.57 bits per heavy atom. The van der Waals surface area contributed by atoms with Crippen molar-refractivity contribution in [3.63, 3.8) is 0 Å². The molecular formula is C12H19NS. The van der Waals surface area contributed by atoms with E-state index in [2.05, 4.69) is 37.5 Å². The van der Waals surface area contributed by atoms with Crippen LogP contribution in [0.2, 0.25) is 0 Å². The summed E-state index contributed by atoms with van der Waals surface area (Å²) in [7, 11) is 0. The first-order valence-electron chi connectivity index (χ1n) is 5.52. The summed E-state index contributed by atoms with van der Waals surface area (Å²) in [4.78, 5) is 1.58. The Balaban J connectivity index is 2.47. The molecule has 78 valence electrons. The molecule has 1 aromatic rings. The van der Waals surface area contributed by atoms with E-state index in [0.29, 0.717) is 5.92 Å². The number of fused-ring (bicyclic) bond motifs is 1. The summed E-state index contributed by atoms with van der Waals surface area (Å²) in [5.41, 5.74) is 1.83. The van der Waals surface area contributed by atoms with Gasteiger partial charge in [-0.2, -0.15) is 0 Å². The van der Waals surface area contributed by atoms with Crippen molar-refractivity contribution in [3.8, 4) is 0 Å². The zero-order valence-corrected chi connectivity index (χ0v) is 10.1. The molecule has 0 spiro atoms. The van der Waals surface area contributed by atoms with Crippen LogP contribution < -0.4 is 5.32 Å². The summed E-state index contributed by atoms with van der Waals surface area (Å²) in [6, 6.07) is 2.30. The largest absolute Gasteiger partial charge is 0.306 e. The van der Waals surface area contributed by atoms with E-state index in [9.17, 15) is 0 Å². The number of hydrogen-bond acceptors (Lipinski definition) is 2. The van der Waals surface area contributed by atoms with Crippen LogP contribution in [-0.2, 0) is 12.0 Å². The maximum absolute atomic E-state index is 3.73. The highest BCUT2D eigenvalue weighted by Gasteiger charge is 2.38. The van der Waals surface area contributed by atoms with E-state index in [1.807, 2.05) is 11.3 Å². The van der Waals surface area contributed by atoms with Gasteiger partial charge >= 0.3 is 0 Å². The fourth-order valence-corrected chi connectivity index (χ4v) is 3.94. The van der Waals surface area contributed by atoms with Gasteiger partial charge in [0.05, 0.1) is 5.54 Å². The minimum atomic E-state index is 0.252. The lowest BCUT2D eigenvalue weighted by Gasteiger charge is -2.41. The summed E-state index contributed by atoms with van der Waals surface area (Å²) in [5, 5.41) is 5.97. The molecule has 1 aliphatic rings. The highest BCUT2D eigenvalue weighted by molar-refractivity contribution is 7.10. The van der Waals surface area contributed by atoms with Crippen LogP contribution in [0.4, 0.5) is 0 Å². The monoisotopic (exact) mass is 209 g/mol. The van der Waals surface area contributed by atoms with E-state index in [1.54, 1.807) is 10.4 Å². The lowest BCUT2D eigenvalue weighted by molar-refractivity contribution is 0.223. The molecule has 14 heavy (non-hydrogen) atoms. The molecular weight excluding hydrogens is 190 g/mol. The second kappa shape index (κ2) is 3.67. The van der Waals surface area contributed by atoms with Gasteiger partial charge in [0.15, 0.2) is 0 Å². The number of nitrogens with one attached hydrogen (secondary N) is 1. The molecule has 0 saturated carbocycles. The normalized spacial score (nSPS) is 26.6. The van der Waals surface area contributed by atoms with E-state index in [1.165, 1.54) is 12.8 Å². The summed E-state index contributed by atoms with van der Waals surface area (Å²) < 4.78 is 0. The molecule has 2 heterocycles. The Kier molecular flexibility index (Phi) is 2.67. The first-order chi connectivity index (χ1) is 6.70. The topological polar surface area (TPSA) is 12.0 Å². The first kappa shape index (κ1) is 10.2. The molecule has 1 aromatic heterocycles. The summed E-state index contributed by atoms with van der Waals surface area (Å²) in [6.07, 6.45) is 2.39. The number of thiophene rings is 1. The summed E-state index contributed by atoms with van der Waals surface area (Å²) in [5.74, 6) is 0.671. The van der Waals surface area contributed by atoms with Crippen molar-refractivity contribution in [3.05, 3.63) is 21.9 Å². The van der Waals surface area contributed by atoms with Gasteiger partial charge in [0.1, 0.15) is 0 Å². The van der Waals surface area contributed by atoms with Crippen molar-refractivity contribution >= 4 is 11.3 Å². The van der Waals surface area contributed by atoms with Crippen LogP contribution in [0.15, 0.2) is 11.4 Å². The Hall–Kier alpha value is -0.340. The highest BCUT2D eigenvalue weighted by Crippen LogP contribution is 2.40. The van der Waals surface area contributed by atoms with Gasteiger partial charge in [-0.15, -0.1) is 11.3 Å². The zero-order chi connectivity index (χ0) is 10.2. The fourth-order valence-electron chi connectivity index (χ4n) is 2.58. The van der Waals surface area contributed by atoms with Crippen molar-refractivity contribution in [2.45, 2.75) is 39.2 Å². The van der Waals surface area contributed by atoms with E-state index < -0.39 is 0 Å². The predicted octanol–water partition coefficient (Wildman–Crippen LogP) is 3.16. The highest BCUT2D eigenvalue weighted by atomic mass is 32.1. The zero-order valence-electron chi connectivity index (χ0n) is 9.26. The van der Waals surface area contributed by atoms with Gasteiger partial charge in [0.2, 0.25) is 0 Å². The molecule has 1 unspecified atom stereocenters. The average Bonchev–Trinajstić information content (AvgIpc) is 2.64. The van der Waals surface area contributed by atoms with Crippen LogP contribution in [0.25, 0.3) is 0 Å². The molecule has 0 aliphatic carbocycles. The number of hydrogen-bond donors (Lipinski definition) is 1. The molecule has 1 N–H and O–H groups in total. The van der Waals surface area contributed by atoms with E-state index in [0.717, 1.165) is 6.54 Å². The Morgan fingerprint density at radius 3 is 3.00 bits per heavy atom. The molecule has 2 heteroatoms. The van der Waals surface area contributed by atoms with Gasteiger partial charge in [-0.05, 0) is 35.8 Å². The minimum Gasteiger partial charge on any atom is -0.306 e. The first-order valence-corrected chi connectivity index (χ1v) is 6.40. The van der Waals surface area contributed by atoms with Gasteiger partial charge in [-0.25, -0.2) is 0 Å². The third-order valence-electron chi connectivity index (χ3n) is 3.53. The van der Waals surface area contributed by atoms with E-state index in [4.69, 9.17) is 0 Å². The lowest BCUT2D eigenvalue weighted by Crippen LogP contribution is -2.49. The van der Waals surface area contributed by atoms with Gasteiger partial charge in [0, 0.05) is 11.4 Å². The van der Waals surface area contributed by atoms with Gasteiger partial charge < -0.3 is 5.32 Å². The second-order valence-corrected chi connectivity index (χ2v) is 5.35. The molecule has 0 amide bonds.